The van der Waals surface area contributed by atoms with E-state index in [0.717, 1.165) is 37.6 Å². The lowest BCUT2D eigenvalue weighted by molar-refractivity contribution is 0.113. The molecule has 1 N–H and O–H groups in total. The quantitative estimate of drug-likeness (QED) is 0.813. The highest BCUT2D eigenvalue weighted by atomic mass is 16.1. The lowest BCUT2D eigenvalue weighted by Crippen LogP contribution is -2.51. The van der Waals surface area contributed by atoms with Gasteiger partial charge in [-0.2, -0.15) is 0 Å². The molecule has 1 fully saturated rings. The summed E-state index contributed by atoms with van der Waals surface area (Å²) in [5, 5.41) is 0. The van der Waals surface area contributed by atoms with E-state index >= 15 is 0 Å². The Kier molecular flexibility index (Phi) is 3.82. The summed E-state index contributed by atoms with van der Waals surface area (Å²) in [6.07, 6.45) is 0.803. The molecule has 0 radical (unpaired) electrons. The van der Waals surface area contributed by atoms with E-state index in [0.29, 0.717) is 11.6 Å². The van der Waals surface area contributed by atoms with Crippen LogP contribution in [0.4, 0.5) is 0 Å². The van der Waals surface area contributed by atoms with Gasteiger partial charge in [0.2, 0.25) is 0 Å². The predicted molar refractivity (Wildman–Crippen MR) is 72.0 cm³/mol. The predicted octanol–water partition coefficient (Wildman–Crippen LogP) is 0.175. The Hall–Kier alpha value is -1.20. The van der Waals surface area contributed by atoms with Crippen molar-refractivity contribution in [1.29, 1.82) is 0 Å². The molecular weight excluding hydrogens is 228 g/mol. The monoisotopic (exact) mass is 250 g/mol. The third-order valence-corrected chi connectivity index (χ3v) is 3.85. The van der Waals surface area contributed by atoms with Crippen molar-refractivity contribution < 1.29 is 0 Å². The van der Waals surface area contributed by atoms with E-state index in [1.54, 1.807) is 0 Å². The SMILES string of the molecule is Cc1nc(CC2CN(C)CCN2C)[nH]c(=O)c1C. The fraction of sp³-hybridized carbons (Fsp3) is 0.692. The van der Waals surface area contributed by atoms with Gasteiger partial charge in [0.1, 0.15) is 5.82 Å². The van der Waals surface area contributed by atoms with Crippen LogP contribution in [0.2, 0.25) is 0 Å². The summed E-state index contributed by atoms with van der Waals surface area (Å²) in [7, 11) is 4.27. The molecule has 0 amide bonds. The highest BCUT2D eigenvalue weighted by Gasteiger charge is 2.23. The summed E-state index contributed by atoms with van der Waals surface area (Å²) in [5.74, 6) is 0.801. The molecule has 100 valence electrons. The number of aryl methyl sites for hydroxylation is 1. The van der Waals surface area contributed by atoms with Crippen LogP contribution in [0.25, 0.3) is 0 Å². The number of hydrogen-bond acceptors (Lipinski definition) is 4. The number of aromatic amines is 1. The molecule has 2 heterocycles. The van der Waals surface area contributed by atoms with E-state index in [4.69, 9.17) is 0 Å². The summed E-state index contributed by atoms with van der Waals surface area (Å²) < 4.78 is 0. The van der Waals surface area contributed by atoms with Crippen LogP contribution in [0.5, 0.6) is 0 Å². The van der Waals surface area contributed by atoms with Gasteiger partial charge < -0.3 is 14.8 Å². The number of nitrogens with one attached hydrogen (secondary N) is 1. The number of aromatic nitrogens is 2. The Balaban J connectivity index is 2.16. The Morgan fingerprint density at radius 1 is 1.33 bits per heavy atom. The topological polar surface area (TPSA) is 52.2 Å². The van der Waals surface area contributed by atoms with E-state index in [-0.39, 0.29) is 5.56 Å². The zero-order valence-electron chi connectivity index (χ0n) is 11.7. The van der Waals surface area contributed by atoms with E-state index in [9.17, 15) is 4.79 Å². The van der Waals surface area contributed by atoms with Gasteiger partial charge in [-0.05, 0) is 27.9 Å². The molecule has 18 heavy (non-hydrogen) atoms. The van der Waals surface area contributed by atoms with Gasteiger partial charge in [-0.15, -0.1) is 0 Å². The first-order valence-electron chi connectivity index (χ1n) is 6.42. The second-order valence-electron chi connectivity index (χ2n) is 5.32. The van der Waals surface area contributed by atoms with Gasteiger partial charge in [0.25, 0.3) is 5.56 Å². The lowest BCUT2D eigenvalue weighted by Gasteiger charge is -2.37. The van der Waals surface area contributed by atoms with Crippen molar-refractivity contribution in [2.75, 3.05) is 33.7 Å². The van der Waals surface area contributed by atoms with Gasteiger partial charge in [0.05, 0.1) is 0 Å². The summed E-state index contributed by atoms with van der Waals surface area (Å²) in [6.45, 7) is 6.89. The maximum atomic E-state index is 11.7. The number of hydrogen-bond donors (Lipinski definition) is 1. The molecule has 5 nitrogen and oxygen atoms in total. The van der Waals surface area contributed by atoms with Crippen molar-refractivity contribution in [3.05, 3.63) is 27.4 Å². The molecule has 1 aliphatic rings. The Bertz CT molecular complexity index is 482. The molecule has 1 unspecified atom stereocenters. The first kappa shape index (κ1) is 13.2. The lowest BCUT2D eigenvalue weighted by atomic mass is 10.1. The fourth-order valence-electron chi connectivity index (χ4n) is 2.35. The zero-order chi connectivity index (χ0) is 13.3. The molecule has 0 spiro atoms. The smallest absolute Gasteiger partial charge is 0.254 e. The largest absolute Gasteiger partial charge is 0.310 e. The van der Waals surface area contributed by atoms with Gasteiger partial charge in [-0.3, -0.25) is 4.79 Å². The zero-order valence-corrected chi connectivity index (χ0v) is 11.7. The summed E-state index contributed by atoms with van der Waals surface area (Å²) >= 11 is 0. The highest BCUT2D eigenvalue weighted by Crippen LogP contribution is 2.10. The van der Waals surface area contributed by atoms with E-state index < -0.39 is 0 Å². The minimum absolute atomic E-state index is 0.00989. The van der Waals surface area contributed by atoms with Gasteiger partial charge in [-0.25, -0.2) is 4.98 Å². The van der Waals surface area contributed by atoms with Crippen LogP contribution in [0.15, 0.2) is 4.79 Å². The molecule has 0 aromatic carbocycles. The molecule has 0 saturated carbocycles. The molecule has 5 heteroatoms. The van der Waals surface area contributed by atoms with E-state index in [1.165, 1.54) is 0 Å². The molecule has 0 aliphatic carbocycles. The van der Waals surface area contributed by atoms with Gasteiger partial charge in [-0.1, -0.05) is 0 Å². The average molecular weight is 250 g/mol. The van der Waals surface area contributed by atoms with Crippen molar-refractivity contribution >= 4 is 0 Å². The Morgan fingerprint density at radius 2 is 2.06 bits per heavy atom. The Morgan fingerprint density at radius 3 is 2.72 bits per heavy atom. The third kappa shape index (κ3) is 2.79. The molecule has 2 rings (SSSR count). The maximum Gasteiger partial charge on any atom is 0.254 e. The molecule has 1 aromatic heterocycles. The van der Waals surface area contributed by atoms with E-state index in [2.05, 4.69) is 33.9 Å². The molecule has 1 aromatic rings. The van der Waals surface area contributed by atoms with Crippen molar-refractivity contribution in [3.63, 3.8) is 0 Å². The highest BCUT2D eigenvalue weighted by molar-refractivity contribution is 5.14. The second-order valence-corrected chi connectivity index (χ2v) is 5.32. The number of piperazine rings is 1. The number of rotatable bonds is 2. The first-order valence-corrected chi connectivity index (χ1v) is 6.42. The van der Waals surface area contributed by atoms with Crippen molar-refractivity contribution in [2.45, 2.75) is 26.3 Å². The van der Waals surface area contributed by atoms with Crippen molar-refractivity contribution in [1.82, 2.24) is 19.8 Å². The molecule has 1 aliphatic heterocycles. The van der Waals surface area contributed by atoms with Crippen LogP contribution in [0.3, 0.4) is 0 Å². The Labute approximate surface area is 108 Å². The van der Waals surface area contributed by atoms with Crippen LogP contribution in [0, 0.1) is 13.8 Å². The van der Waals surface area contributed by atoms with Crippen LogP contribution >= 0.6 is 0 Å². The first-order chi connectivity index (χ1) is 8.47. The van der Waals surface area contributed by atoms with E-state index in [1.807, 2.05) is 13.8 Å². The average Bonchev–Trinajstić information content (AvgIpc) is 2.31. The number of nitrogens with zero attached hydrogens (tertiary/aromatic N) is 3. The minimum Gasteiger partial charge on any atom is -0.310 e. The van der Waals surface area contributed by atoms with Crippen LogP contribution in [-0.4, -0.2) is 59.5 Å². The molecule has 1 atom stereocenters. The van der Waals surface area contributed by atoms with Crippen molar-refractivity contribution in [2.24, 2.45) is 0 Å². The normalized spacial score (nSPS) is 22.3. The summed E-state index contributed by atoms with van der Waals surface area (Å²) in [4.78, 5) is 23.8. The van der Waals surface area contributed by atoms with Crippen molar-refractivity contribution in [3.8, 4) is 0 Å². The van der Waals surface area contributed by atoms with Crippen LogP contribution < -0.4 is 5.56 Å². The molecule has 1 saturated heterocycles. The van der Waals surface area contributed by atoms with Crippen LogP contribution in [-0.2, 0) is 6.42 Å². The number of likely N-dealkylation sites (N-methyl/N-ethyl adjacent to an activating group) is 2. The van der Waals surface area contributed by atoms with Gasteiger partial charge in [0.15, 0.2) is 0 Å². The standard InChI is InChI=1S/C13H22N4O/c1-9-10(2)14-12(15-13(9)18)7-11-8-16(3)5-6-17(11)4/h11H,5-8H2,1-4H3,(H,14,15,18). The third-order valence-electron chi connectivity index (χ3n) is 3.85. The summed E-state index contributed by atoms with van der Waals surface area (Å²) in [5.41, 5.74) is 1.54. The van der Waals surface area contributed by atoms with Crippen LogP contribution in [0.1, 0.15) is 17.1 Å². The molecular formula is C13H22N4O. The molecule has 0 bridgehead atoms. The minimum atomic E-state index is -0.00989. The maximum absolute atomic E-state index is 11.7. The fourth-order valence-corrected chi connectivity index (χ4v) is 2.35. The summed E-state index contributed by atoms with van der Waals surface area (Å²) in [6, 6.07) is 0.425. The van der Waals surface area contributed by atoms with Gasteiger partial charge in [0, 0.05) is 43.4 Å². The second kappa shape index (κ2) is 5.20. The van der Waals surface area contributed by atoms with Gasteiger partial charge >= 0.3 is 0 Å². The number of H-pyrrole nitrogens is 1.